The minimum Gasteiger partial charge on any atom is -0.457 e. The van der Waals surface area contributed by atoms with E-state index < -0.39 is 29.7 Å². The summed E-state index contributed by atoms with van der Waals surface area (Å²) in [6.07, 6.45) is 4.53. The lowest BCUT2D eigenvalue weighted by Gasteiger charge is -2.34. The monoisotopic (exact) mass is 344 g/mol. The van der Waals surface area contributed by atoms with Crippen molar-refractivity contribution in [3.63, 3.8) is 0 Å². The zero-order valence-corrected chi connectivity index (χ0v) is 15.0. The number of esters is 2. The summed E-state index contributed by atoms with van der Waals surface area (Å²) in [7, 11) is 0. The third-order valence-corrected chi connectivity index (χ3v) is 5.71. The van der Waals surface area contributed by atoms with Gasteiger partial charge in [-0.2, -0.15) is 0 Å². The molecule has 1 N–H and O–H groups in total. The van der Waals surface area contributed by atoms with E-state index in [0.29, 0.717) is 17.6 Å². The first kappa shape index (κ1) is 17.7. The number of rotatable bonds is 2. The van der Waals surface area contributed by atoms with Gasteiger partial charge in [0, 0.05) is 23.0 Å². The number of ether oxygens (including phenoxy) is 2. The van der Waals surface area contributed by atoms with Gasteiger partial charge in [-0.05, 0) is 39.7 Å². The predicted molar refractivity (Wildman–Crippen MR) is 92.4 cm³/mol. The highest BCUT2D eigenvalue weighted by Crippen LogP contribution is 2.50. The first-order valence-electron chi connectivity index (χ1n) is 8.53. The second-order valence-electron chi connectivity index (χ2n) is 7.26. The topological polar surface area (TPSA) is 72.8 Å². The number of carbonyl (C=O) groups is 2. The zero-order chi connectivity index (χ0) is 18.5. The molecule has 0 aromatic carbocycles. The molecule has 1 saturated heterocycles. The molecule has 2 aliphatic carbocycles. The number of aliphatic hydroxyl groups is 1. The zero-order valence-electron chi connectivity index (χ0n) is 15.0. The molecule has 1 saturated carbocycles. The van der Waals surface area contributed by atoms with Crippen molar-refractivity contribution < 1.29 is 24.2 Å². The van der Waals surface area contributed by atoms with Gasteiger partial charge in [0.1, 0.15) is 17.8 Å². The van der Waals surface area contributed by atoms with Crippen LogP contribution in [0.25, 0.3) is 0 Å². The van der Waals surface area contributed by atoms with Crippen LogP contribution in [0.2, 0.25) is 0 Å². The lowest BCUT2D eigenvalue weighted by Crippen LogP contribution is -2.45. The second-order valence-corrected chi connectivity index (χ2v) is 7.26. The van der Waals surface area contributed by atoms with E-state index in [1.807, 2.05) is 19.1 Å². The Morgan fingerprint density at radius 1 is 1.48 bits per heavy atom. The number of hydrogen-bond donors (Lipinski definition) is 1. The third kappa shape index (κ3) is 2.67. The van der Waals surface area contributed by atoms with Crippen LogP contribution < -0.4 is 0 Å². The Balaban J connectivity index is 2.01. The van der Waals surface area contributed by atoms with Crippen molar-refractivity contribution in [2.45, 2.75) is 51.9 Å². The van der Waals surface area contributed by atoms with Gasteiger partial charge in [0.2, 0.25) is 0 Å². The van der Waals surface area contributed by atoms with Gasteiger partial charge in [0.05, 0.1) is 0 Å². The van der Waals surface area contributed by atoms with Gasteiger partial charge in [0.15, 0.2) is 0 Å². The number of hydrogen-bond acceptors (Lipinski definition) is 5. The SMILES string of the molecule is C=C1C(=O)OC2C1CC(OC(=O)C(C)=CC)C(C)(O)C1=CC=C(C)C12. The molecular formula is C20H24O5. The molecule has 2 fully saturated rings. The van der Waals surface area contributed by atoms with Crippen molar-refractivity contribution in [3.8, 4) is 0 Å². The fourth-order valence-electron chi connectivity index (χ4n) is 3.95. The van der Waals surface area contributed by atoms with Gasteiger partial charge in [-0.1, -0.05) is 30.4 Å². The summed E-state index contributed by atoms with van der Waals surface area (Å²) in [6, 6.07) is 0. The van der Waals surface area contributed by atoms with Gasteiger partial charge in [-0.15, -0.1) is 0 Å². The van der Waals surface area contributed by atoms with Crippen LogP contribution in [0.3, 0.4) is 0 Å². The highest BCUT2D eigenvalue weighted by atomic mass is 16.6. The molecule has 1 aliphatic heterocycles. The average Bonchev–Trinajstić information content (AvgIpc) is 3.05. The smallest absolute Gasteiger partial charge is 0.334 e. The standard InChI is InChI=1S/C20H24O5/c1-6-10(2)18(21)24-15-9-13-12(4)19(22)25-17(13)16-11(3)7-8-14(16)20(15,5)23/h6-8,13,15-17,23H,4,9H2,1-3,5H3. The van der Waals surface area contributed by atoms with Gasteiger partial charge in [-0.25, -0.2) is 9.59 Å². The average molecular weight is 344 g/mol. The largest absolute Gasteiger partial charge is 0.457 e. The summed E-state index contributed by atoms with van der Waals surface area (Å²) in [4.78, 5) is 24.3. The number of fused-ring (bicyclic) bond motifs is 3. The van der Waals surface area contributed by atoms with Crippen LogP contribution in [0.4, 0.5) is 0 Å². The van der Waals surface area contributed by atoms with Crippen molar-refractivity contribution in [1.29, 1.82) is 0 Å². The normalized spacial score (nSPS) is 37.6. The van der Waals surface area contributed by atoms with E-state index in [0.717, 1.165) is 11.1 Å². The molecule has 3 aliphatic rings. The van der Waals surface area contributed by atoms with Crippen molar-refractivity contribution in [2.24, 2.45) is 11.8 Å². The van der Waals surface area contributed by atoms with Crippen molar-refractivity contribution in [2.75, 3.05) is 0 Å². The van der Waals surface area contributed by atoms with Crippen LogP contribution in [0.15, 0.2) is 47.1 Å². The highest BCUT2D eigenvalue weighted by Gasteiger charge is 2.56. The quantitative estimate of drug-likeness (QED) is 0.616. The maximum atomic E-state index is 12.3. The summed E-state index contributed by atoms with van der Waals surface area (Å²) in [5.41, 5.74) is 1.24. The van der Waals surface area contributed by atoms with Gasteiger partial charge < -0.3 is 14.6 Å². The van der Waals surface area contributed by atoms with Crippen LogP contribution in [0.1, 0.15) is 34.1 Å². The fourth-order valence-corrected chi connectivity index (χ4v) is 3.95. The Morgan fingerprint density at radius 3 is 2.80 bits per heavy atom. The van der Waals surface area contributed by atoms with Gasteiger partial charge in [-0.3, -0.25) is 0 Å². The van der Waals surface area contributed by atoms with Crippen LogP contribution in [0, 0.1) is 11.8 Å². The molecule has 0 spiro atoms. The summed E-state index contributed by atoms with van der Waals surface area (Å²) in [6.45, 7) is 10.9. The summed E-state index contributed by atoms with van der Waals surface area (Å²) >= 11 is 0. The van der Waals surface area contributed by atoms with Crippen molar-refractivity contribution >= 4 is 11.9 Å². The molecule has 5 unspecified atom stereocenters. The fraction of sp³-hybridized carbons (Fsp3) is 0.500. The molecule has 1 heterocycles. The lowest BCUT2D eigenvalue weighted by molar-refractivity contribution is -0.156. The van der Waals surface area contributed by atoms with Gasteiger partial charge >= 0.3 is 11.9 Å². The second kappa shape index (κ2) is 5.99. The lowest BCUT2D eigenvalue weighted by atomic mass is 9.81. The van der Waals surface area contributed by atoms with E-state index in [-0.39, 0.29) is 11.8 Å². The summed E-state index contributed by atoms with van der Waals surface area (Å²) in [5.74, 6) is -1.39. The van der Waals surface area contributed by atoms with E-state index in [9.17, 15) is 14.7 Å². The molecule has 0 radical (unpaired) electrons. The molecule has 0 amide bonds. The third-order valence-electron chi connectivity index (χ3n) is 5.71. The Bertz CT molecular complexity index is 737. The molecule has 3 rings (SSSR count). The predicted octanol–water partition coefficient (Wildman–Crippen LogP) is 2.62. The van der Waals surface area contributed by atoms with Crippen LogP contribution >= 0.6 is 0 Å². The van der Waals surface area contributed by atoms with Crippen LogP contribution in [-0.4, -0.2) is 34.9 Å². The molecule has 25 heavy (non-hydrogen) atoms. The first-order valence-corrected chi connectivity index (χ1v) is 8.53. The molecule has 134 valence electrons. The maximum absolute atomic E-state index is 12.3. The van der Waals surface area contributed by atoms with Crippen molar-refractivity contribution in [1.82, 2.24) is 0 Å². The van der Waals surface area contributed by atoms with Gasteiger partial charge in [0.25, 0.3) is 0 Å². The molecule has 0 aromatic heterocycles. The summed E-state index contributed by atoms with van der Waals surface area (Å²) < 4.78 is 11.2. The van der Waals surface area contributed by atoms with E-state index in [1.54, 1.807) is 26.8 Å². The Hall–Kier alpha value is -2.14. The number of carbonyl (C=O) groups excluding carboxylic acids is 2. The molecule has 5 nitrogen and oxygen atoms in total. The Labute approximate surface area is 147 Å². The minimum atomic E-state index is -1.35. The van der Waals surface area contributed by atoms with E-state index in [4.69, 9.17) is 9.47 Å². The Morgan fingerprint density at radius 2 is 2.16 bits per heavy atom. The highest BCUT2D eigenvalue weighted by molar-refractivity contribution is 5.91. The molecule has 5 heteroatoms. The van der Waals surface area contributed by atoms with E-state index in [2.05, 4.69) is 6.58 Å². The van der Waals surface area contributed by atoms with Crippen molar-refractivity contribution in [3.05, 3.63) is 47.1 Å². The Kier molecular flexibility index (Phi) is 4.23. The van der Waals surface area contributed by atoms with Crippen LogP contribution in [-0.2, 0) is 19.1 Å². The first-order chi connectivity index (χ1) is 11.7. The minimum absolute atomic E-state index is 0.213. The molecule has 0 bridgehead atoms. The van der Waals surface area contributed by atoms with Crippen LogP contribution in [0.5, 0.6) is 0 Å². The molecule has 5 atom stereocenters. The summed E-state index contributed by atoms with van der Waals surface area (Å²) in [5, 5.41) is 11.2. The number of allylic oxidation sites excluding steroid dienone is 3. The van der Waals surface area contributed by atoms with E-state index in [1.165, 1.54) is 0 Å². The molecular weight excluding hydrogens is 320 g/mol. The maximum Gasteiger partial charge on any atom is 0.334 e. The molecule has 0 aromatic rings. The van der Waals surface area contributed by atoms with E-state index >= 15 is 0 Å².